The summed E-state index contributed by atoms with van der Waals surface area (Å²) in [5, 5.41) is 3.39. The second-order valence-electron chi connectivity index (χ2n) is 6.42. The molecule has 0 saturated heterocycles. The van der Waals surface area contributed by atoms with E-state index in [1.165, 1.54) is 25.7 Å². The first-order valence-corrected chi connectivity index (χ1v) is 7.88. The maximum Gasteiger partial charge on any atom is 0.146 e. The number of hydrogen-bond donors (Lipinski definition) is 1. The van der Waals surface area contributed by atoms with Crippen LogP contribution in [0.1, 0.15) is 45.2 Å². The van der Waals surface area contributed by atoms with Crippen molar-refractivity contribution in [1.82, 2.24) is 15.3 Å². The molecule has 1 N–H and O–H groups in total. The molecule has 1 fully saturated rings. The van der Waals surface area contributed by atoms with Gasteiger partial charge in [-0.2, -0.15) is 0 Å². The first-order chi connectivity index (χ1) is 9.65. The maximum atomic E-state index is 4.54. The summed E-state index contributed by atoms with van der Waals surface area (Å²) in [6.45, 7) is 7.35. The van der Waals surface area contributed by atoms with Gasteiger partial charge < -0.3 is 10.2 Å². The number of hydrogen-bond acceptors (Lipinski definition) is 4. The summed E-state index contributed by atoms with van der Waals surface area (Å²) < 4.78 is 0. The topological polar surface area (TPSA) is 41.1 Å². The van der Waals surface area contributed by atoms with Crippen molar-refractivity contribution >= 4 is 5.82 Å². The fourth-order valence-corrected chi connectivity index (χ4v) is 2.80. The number of nitrogens with one attached hydrogen (secondary N) is 1. The van der Waals surface area contributed by atoms with Gasteiger partial charge in [0.1, 0.15) is 5.82 Å². The Morgan fingerprint density at radius 2 is 2.00 bits per heavy atom. The maximum absolute atomic E-state index is 4.54. The van der Waals surface area contributed by atoms with Gasteiger partial charge in [-0.15, -0.1) is 0 Å². The van der Waals surface area contributed by atoms with Gasteiger partial charge in [0, 0.05) is 20.1 Å². The van der Waals surface area contributed by atoms with Gasteiger partial charge in [0.25, 0.3) is 0 Å². The third-order valence-electron chi connectivity index (χ3n) is 3.95. The summed E-state index contributed by atoms with van der Waals surface area (Å²) in [5.74, 6) is 2.50. The molecule has 0 bridgehead atoms. The van der Waals surface area contributed by atoms with Crippen LogP contribution < -0.4 is 10.2 Å². The van der Waals surface area contributed by atoms with Crippen molar-refractivity contribution in [2.75, 3.05) is 25.0 Å². The van der Waals surface area contributed by atoms with Gasteiger partial charge >= 0.3 is 0 Å². The van der Waals surface area contributed by atoms with Crippen molar-refractivity contribution in [1.29, 1.82) is 0 Å². The second-order valence-corrected chi connectivity index (χ2v) is 6.42. The lowest BCUT2D eigenvalue weighted by atomic mass is 10.1. The van der Waals surface area contributed by atoms with Crippen LogP contribution in [0.15, 0.2) is 12.4 Å². The first kappa shape index (κ1) is 15.2. The van der Waals surface area contributed by atoms with Gasteiger partial charge in [-0.3, -0.25) is 4.98 Å². The molecule has 0 radical (unpaired) electrons. The molecule has 1 aromatic heterocycles. The zero-order valence-electron chi connectivity index (χ0n) is 13.1. The van der Waals surface area contributed by atoms with Crippen LogP contribution in [0.25, 0.3) is 0 Å². The SMILES string of the molecule is CC(C)CNCc1cnc(N(C)CC2CCCC2)cn1. The predicted octanol–water partition coefficient (Wildman–Crippen LogP) is 2.85. The molecule has 0 atom stereocenters. The number of nitrogens with zero attached hydrogens (tertiary/aromatic N) is 3. The lowest BCUT2D eigenvalue weighted by molar-refractivity contribution is 0.542. The third kappa shape index (κ3) is 4.75. The summed E-state index contributed by atoms with van der Waals surface area (Å²) in [5.41, 5.74) is 1.02. The summed E-state index contributed by atoms with van der Waals surface area (Å²) in [6, 6.07) is 0. The van der Waals surface area contributed by atoms with E-state index in [9.17, 15) is 0 Å². The highest BCUT2D eigenvalue weighted by molar-refractivity contribution is 5.34. The molecule has 1 heterocycles. The monoisotopic (exact) mass is 276 g/mol. The zero-order chi connectivity index (χ0) is 14.4. The highest BCUT2D eigenvalue weighted by Crippen LogP contribution is 2.26. The van der Waals surface area contributed by atoms with Gasteiger partial charge in [-0.1, -0.05) is 26.7 Å². The average molecular weight is 276 g/mol. The van der Waals surface area contributed by atoms with Crippen molar-refractivity contribution in [2.24, 2.45) is 11.8 Å². The Morgan fingerprint density at radius 3 is 2.60 bits per heavy atom. The van der Waals surface area contributed by atoms with E-state index < -0.39 is 0 Å². The van der Waals surface area contributed by atoms with E-state index in [1.54, 1.807) is 0 Å². The zero-order valence-corrected chi connectivity index (χ0v) is 13.1. The molecule has 20 heavy (non-hydrogen) atoms. The predicted molar refractivity (Wildman–Crippen MR) is 83.8 cm³/mol. The van der Waals surface area contributed by atoms with Crippen LogP contribution in [0.5, 0.6) is 0 Å². The van der Waals surface area contributed by atoms with Crippen molar-refractivity contribution in [3.8, 4) is 0 Å². The molecule has 1 aromatic rings. The number of rotatable bonds is 7. The fraction of sp³-hybridized carbons (Fsp3) is 0.750. The molecular formula is C16H28N4. The molecule has 4 heteroatoms. The molecule has 0 aromatic carbocycles. The van der Waals surface area contributed by atoms with Crippen LogP contribution in [0.3, 0.4) is 0 Å². The molecule has 1 aliphatic carbocycles. The molecule has 0 unspecified atom stereocenters. The third-order valence-corrected chi connectivity index (χ3v) is 3.95. The van der Waals surface area contributed by atoms with Gasteiger partial charge in [-0.05, 0) is 31.2 Å². The molecule has 4 nitrogen and oxygen atoms in total. The smallest absolute Gasteiger partial charge is 0.146 e. The molecule has 0 amide bonds. The van der Waals surface area contributed by atoms with E-state index in [0.29, 0.717) is 5.92 Å². The van der Waals surface area contributed by atoms with Gasteiger partial charge in [0.05, 0.1) is 18.1 Å². The molecular weight excluding hydrogens is 248 g/mol. The van der Waals surface area contributed by atoms with E-state index >= 15 is 0 Å². The Morgan fingerprint density at radius 1 is 1.25 bits per heavy atom. The van der Waals surface area contributed by atoms with Crippen molar-refractivity contribution in [3.63, 3.8) is 0 Å². The Labute approximate surface area is 123 Å². The molecule has 0 aliphatic heterocycles. The van der Waals surface area contributed by atoms with Crippen LogP contribution in [-0.4, -0.2) is 30.1 Å². The van der Waals surface area contributed by atoms with Crippen LogP contribution in [-0.2, 0) is 6.54 Å². The largest absolute Gasteiger partial charge is 0.358 e. The van der Waals surface area contributed by atoms with E-state index in [0.717, 1.165) is 37.1 Å². The number of anilines is 1. The molecule has 2 rings (SSSR count). The van der Waals surface area contributed by atoms with E-state index in [4.69, 9.17) is 0 Å². The minimum absolute atomic E-state index is 0.666. The van der Waals surface area contributed by atoms with Crippen molar-refractivity contribution in [3.05, 3.63) is 18.1 Å². The van der Waals surface area contributed by atoms with Crippen LogP contribution in [0.4, 0.5) is 5.82 Å². The van der Waals surface area contributed by atoms with Crippen molar-refractivity contribution < 1.29 is 0 Å². The van der Waals surface area contributed by atoms with Gasteiger partial charge in [-0.25, -0.2) is 4.98 Å². The van der Waals surface area contributed by atoms with Crippen LogP contribution in [0, 0.1) is 11.8 Å². The summed E-state index contributed by atoms with van der Waals surface area (Å²) in [6.07, 6.45) is 9.33. The molecule has 1 aliphatic rings. The van der Waals surface area contributed by atoms with Crippen LogP contribution >= 0.6 is 0 Å². The normalized spacial score (nSPS) is 16.0. The first-order valence-electron chi connectivity index (χ1n) is 7.88. The lowest BCUT2D eigenvalue weighted by Gasteiger charge is -2.21. The average Bonchev–Trinajstić information content (AvgIpc) is 2.92. The lowest BCUT2D eigenvalue weighted by Crippen LogP contribution is -2.25. The molecule has 1 saturated carbocycles. The van der Waals surface area contributed by atoms with E-state index in [2.05, 4.69) is 41.1 Å². The van der Waals surface area contributed by atoms with E-state index in [-0.39, 0.29) is 0 Å². The second kappa shape index (κ2) is 7.58. The summed E-state index contributed by atoms with van der Waals surface area (Å²) >= 11 is 0. The number of aromatic nitrogens is 2. The Hall–Kier alpha value is -1.16. The molecule has 0 spiro atoms. The summed E-state index contributed by atoms with van der Waals surface area (Å²) in [7, 11) is 2.12. The van der Waals surface area contributed by atoms with Crippen molar-refractivity contribution in [2.45, 2.75) is 46.1 Å². The molecule has 112 valence electrons. The highest BCUT2D eigenvalue weighted by Gasteiger charge is 2.17. The van der Waals surface area contributed by atoms with Crippen LogP contribution in [0.2, 0.25) is 0 Å². The fourth-order valence-electron chi connectivity index (χ4n) is 2.80. The highest BCUT2D eigenvalue weighted by atomic mass is 15.2. The van der Waals surface area contributed by atoms with E-state index in [1.807, 2.05) is 12.4 Å². The Balaban J connectivity index is 1.80. The minimum Gasteiger partial charge on any atom is -0.358 e. The minimum atomic E-state index is 0.666. The van der Waals surface area contributed by atoms with Gasteiger partial charge in [0.2, 0.25) is 0 Å². The Kier molecular flexibility index (Phi) is 5.77. The Bertz CT molecular complexity index is 382. The summed E-state index contributed by atoms with van der Waals surface area (Å²) in [4.78, 5) is 11.3. The van der Waals surface area contributed by atoms with Gasteiger partial charge in [0.15, 0.2) is 0 Å². The standard InChI is InChI=1S/C16H28N4/c1-13(2)8-17-9-15-10-19-16(11-18-15)20(3)12-14-6-4-5-7-14/h10-11,13-14,17H,4-9,12H2,1-3H3. The quantitative estimate of drug-likeness (QED) is 0.831.